The highest BCUT2D eigenvalue weighted by Crippen LogP contribution is 2.30. The minimum Gasteiger partial charge on any atom is -0.482 e. The molecule has 0 spiro atoms. The van der Waals surface area contributed by atoms with Crippen LogP contribution in [0, 0.1) is 11.7 Å². The lowest BCUT2D eigenvalue weighted by molar-refractivity contribution is -0.118. The smallest absolute Gasteiger partial charge is 0.262 e. The zero-order valence-electron chi connectivity index (χ0n) is 19.3. The second-order valence-electron chi connectivity index (χ2n) is 9.05. The first-order chi connectivity index (χ1) is 16.6. The fourth-order valence-electron chi connectivity index (χ4n) is 4.85. The molecule has 0 radical (unpaired) electrons. The van der Waals surface area contributed by atoms with Crippen LogP contribution in [-0.4, -0.2) is 54.1 Å². The summed E-state index contributed by atoms with van der Waals surface area (Å²) in [5, 5.41) is 2.88. The van der Waals surface area contributed by atoms with Crippen LogP contribution < -0.4 is 14.8 Å². The molecule has 5 rings (SSSR count). The highest BCUT2D eigenvalue weighted by molar-refractivity contribution is 5.95. The van der Waals surface area contributed by atoms with Gasteiger partial charge < -0.3 is 19.7 Å². The van der Waals surface area contributed by atoms with Gasteiger partial charge in [0.15, 0.2) is 6.61 Å². The minimum absolute atomic E-state index is 0.0830. The van der Waals surface area contributed by atoms with Crippen LogP contribution in [0.1, 0.15) is 30.4 Å². The van der Waals surface area contributed by atoms with Gasteiger partial charge in [0, 0.05) is 18.2 Å². The van der Waals surface area contributed by atoms with E-state index in [0.29, 0.717) is 34.8 Å². The van der Waals surface area contributed by atoms with Gasteiger partial charge in [0.05, 0.1) is 30.0 Å². The van der Waals surface area contributed by atoms with Crippen LogP contribution in [0.15, 0.2) is 36.5 Å². The number of nitrogens with zero attached hydrogens (tertiary/aromatic N) is 3. The SMILES string of the molecule is COc1ccc2ncc(F)c(CCN3CCC(CCc4ccc5c(c4)NC(=O)CO5)CC3)c2n1. The molecule has 178 valence electrons. The Hall–Kier alpha value is -3.26. The molecule has 2 aromatic heterocycles. The zero-order valence-corrected chi connectivity index (χ0v) is 19.3. The van der Waals surface area contributed by atoms with Crippen molar-refractivity contribution in [3.63, 3.8) is 0 Å². The number of rotatable bonds is 7. The molecule has 2 aliphatic heterocycles. The number of fused-ring (bicyclic) bond motifs is 2. The molecule has 8 heteroatoms. The summed E-state index contributed by atoms with van der Waals surface area (Å²) < 4.78 is 25.2. The van der Waals surface area contributed by atoms with E-state index in [4.69, 9.17) is 9.47 Å². The van der Waals surface area contributed by atoms with Crippen molar-refractivity contribution in [2.75, 3.05) is 38.7 Å². The quantitative estimate of drug-likeness (QED) is 0.570. The molecule has 4 heterocycles. The van der Waals surface area contributed by atoms with Crippen molar-refractivity contribution in [1.29, 1.82) is 0 Å². The van der Waals surface area contributed by atoms with Crippen molar-refractivity contribution in [2.24, 2.45) is 5.92 Å². The van der Waals surface area contributed by atoms with E-state index in [1.165, 1.54) is 11.8 Å². The lowest BCUT2D eigenvalue weighted by Gasteiger charge is -2.32. The third-order valence-electron chi connectivity index (χ3n) is 6.85. The fraction of sp³-hybridized carbons (Fsp3) is 0.423. The Balaban J connectivity index is 1.13. The molecule has 3 aromatic rings. The second-order valence-corrected chi connectivity index (χ2v) is 9.05. The molecule has 1 amide bonds. The van der Waals surface area contributed by atoms with Gasteiger partial charge in [-0.1, -0.05) is 6.07 Å². The summed E-state index contributed by atoms with van der Waals surface area (Å²) in [7, 11) is 1.56. The molecule has 1 N–H and O–H groups in total. The Bertz CT molecular complexity index is 1190. The number of carbonyl (C=O) groups is 1. The average molecular weight is 465 g/mol. The topological polar surface area (TPSA) is 76.6 Å². The van der Waals surface area contributed by atoms with Crippen molar-refractivity contribution in [3.05, 3.63) is 53.5 Å². The summed E-state index contributed by atoms with van der Waals surface area (Å²) in [5.74, 6) is 1.46. The van der Waals surface area contributed by atoms with Crippen molar-refractivity contribution in [3.8, 4) is 11.6 Å². The number of ether oxygens (including phenoxy) is 2. The van der Waals surface area contributed by atoms with Gasteiger partial charge in [0.2, 0.25) is 5.88 Å². The zero-order chi connectivity index (χ0) is 23.5. The molecular weight excluding hydrogens is 435 g/mol. The van der Waals surface area contributed by atoms with Gasteiger partial charge in [-0.15, -0.1) is 0 Å². The van der Waals surface area contributed by atoms with Crippen molar-refractivity contribution < 1.29 is 18.7 Å². The summed E-state index contributed by atoms with van der Waals surface area (Å²) >= 11 is 0. The van der Waals surface area contributed by atoms with E-state index in [9.17, 15) is 9.18 Å². The van der Waals surface area contributed by atoms with Gasteiger partial charge in [-0.25, -0.2) is 9.37 Å². The number of piperidine rings is 1. The lowest BCUT2D eigenvalue weighted by atomic mass is 9.90. The molecule has 0 unspecified atom stereocenters. The maximum absolute atomic E-state index is 14.6. The monoisotopic (exact) mass is 464 g/mol. The normalized spacial score (nSPS) is 16.7. The molecule has 2 aliphatic rings. The van der Waals surface area contributed by atoms with Crippen LogP contribution in [0.25, 0.3) is 11.0 Å². The maximum Gasteiger partial charge on any atom is 0.262 e. The van der Waals surface area contributed by atoms with Gasteiger partial charge in [-0.3, -0.25) is 9.78 Å². The summed E-state index contributed by atoms with van der Waals surface area (Å²) in [4.78, 5) is 22.6. The number of hydrogen-bond donors (Lipinski definition) is 1. The number of aryl methyl sites for hydroxylation is 1. The molecule has 0 atom stereocenters. The number of halogens is 1. The van der Waals surface area contributed by atoms with E-state index in [1.807, 2.05) is 18.2 Å². The third kappa shape index (κ3) is 4.97. The van der Waals surface area contributed by atoms with Crippen LogP contribution in [0.4, 0.5) is 10.1 Å². The molecule has 7 nitrogen and oxygen atoms in total. The first-order valence-corrected chi connectivity index (χ1v) is 11.8. The summed E-state index contributed by atoms with van der Waals surface area (Å²) in [6, 6.07) is 9.62. The second kappa shape index (κ2) is 9.93. The van der Waals surface area contributed by atoms with E-state index < -0.39 is 0 Å². The number of hydrogen-bond acceptors (Lipinski definition) is 6. The molecular formula is C26H29FN4O3. The highest BCUT2D eigenvalue weighted by atomic mass is 19.1. The van der Waals surface area contributed by atoms with Crippen molar-refractivity contribution in [2.45, 2.75) is 32.1 Å². The number of aromatic nitrogens is 2. The van der Waals surface area contributed by atoms with Crippen LogP contribution in [0.5, 0.6) is 11.6 Å². The third-order valence-corrected chi connectivity index (χ3v) is 6.85. The largest absolute Gasteiger partial charge is 0.482 e. The van der Waals surface area contributed by atoms with Gasteiger partial charge in [-0.05, 0) is 74.9 Å². The summed E-state index contributed by atoms with van der Waals surface area (Å²) in [6.45, 7) is 2.91. The Morgan fingerprint density at radius 1 is 1.21 bits per heavy atom. The number of benzene rings is 1. The number of amides is 1. The van der Waals surface area contributed by atoms with E-state index >= 15 is 0 Å². The molecule has 0 aliphatic carbocycles. The Morgan fingerprint density at radius 3 is 2.88 bits per heavy atom. The highest BCUT2D eigenvalue weighted by Gasteiger charge is 2.21. The molecule has 1 fully saturated rings. The fourth-order valence-corrected chi connectivity index (χ4v) is 4.85. The van der Waals surface area contributed by atoms with Gasteiger partial charge in [0.25, 0.3) is 5.91 Å². The Kier molecular flexibility index (Phi) is 6.58. The maximum atomic E-state index is 14.6. The number of anilines is 1. The molecule has 1 saturated heterocycles. The first kappa shape index (κ1) is 22.5. The predicted molar refractivity (Wildman–Crippen MR) is 128 cm³/mol. The van der Waals surface area contributed by atoms with Crippen LogP contribution in [0.3, 0.4) is 0 Å². The van der Waals surface area contributed by atoms with E-state index in [1.54, 1.807) is 13.2 Å². The Labute approximate surface area is 198 Å². The van der Waals surface area contributed by atoms with Crippen LogP contribution in [-0.2, 0) is 17.6 Å². The standard InChI is InChI=1S/C26H29FN4O3/c1-33-25-7-5-21-26(30-25)19(20(27)15-28-21)10-13-31-11-8-17(9-12-31)2-3-18-4-6-23-22(14-18)29-24(32)16-34-23/h4-7,14-15,17H,2-3,8-13,16H2,1H3,(H,29,32). The average Bonchev–Trinajstić information content (AvgIpc) is 2.87. The molecule has 1 aromatic carbocycles. The number of methoxy groups -OCH3 is 1. The van der Waals surface area contributed by atoms with Crippen LogP contribution >= 0.6 is 0 Å². The van der Waals surface area contributed by atoms with Crippen molar-refractivity contribution in [1.82, 2.24) is 14.9 Å². The first-order valence-electron chi connectivity index (χ1n) is 11.8. The summed E-state index contributed by atoms with van der Waals surface area (Å²) in [6.07, 6.45) is 6.26. The van der Waals surface area contributed by atoms with Crippen molar-refractivity contribution >= 4 is 22.6 Å². The van der Waals surface area contributed by atoms with Gasteiger partial charge >= 0.3 is 0 Å². The van der Waals surface area contributed by atoms with Crippen LogP contribution in [0.2, 0.25) is 0 Å². The number of pyridine rings is 2. The molecule has 0 saturated carbocycles. The lowest BCUT2D eigenvalue weighted by Crippen LogP contribution is -2.35. The number of carbonyl (C=O) groups excluding carboxylic acids is 1. The molecule has 34 heavy (non-hydrogen) atoms. The number of nitrogens with one attached hydrogen (secondary N) is 1. The summed E-state index contributed by atoms with van der Waals surface area (Å²) in [5.41, 5.74) is 3.86. The number of likely N-dealkylation sites (tertiary alicyclic amines) is 1. The predicted octanol–water partition coefficient (Wildman–Crippen LogP) is 4.00. The Morgan fingerprint density at radius 2 is 2.06 bits per heavy atom. The van der Waals surface area contributed by atoms with Gasteiger partial charge in [-0.2, -0.15) is 0 Å². The van der Waals surface area contributed by atoms with E-state index in [-0.39, 0.29) is 18.3 Å². The minimum atomic E-state index is -0.310. The van der Waals surface area contributed by atoms with E-state index in [0.717, 1.165) is 56.8 Å². The molecule has 0 bridgehead atoms. The van der Waals surface area contributed by atoms with E-state index in [2.05, 4.69) is 26.3 Å². The van der Waals surface area contributed by atoms with Gasteiger partial charge in [0.1, 0.15) is 11.6 Å².